The van der Waals surface area contributed by atoms with Gasteiger partial charge in [-0.05, 0) is 37.8 Å². The Labute approximate surface area is 141 Å². The van der Waals surface area contributed by atoms with Gasteiger partial charge in [-0.1, -0.05) is 26.8 Å². The minimum absolute atomic E-state index is 0.131. The topological polar surface area (TPSA) is 101 Å². The lowest BCUT2D eigenvalue weighted by atomic mass is 9.90. The fourth-order valence-electron chi connectivity index (χ4n) is 2.20. The van der Waals surface area contributed by atoms with E-state index in [9.17, 15) is 19.5 Å². The molecule has 0 saturated heterocycles. The number of ketones is 1. The summed E-state index contributed by atoms with van der Waals surface area (Å²) in [6.45, 7) is 8.02. The minimum atomic E-state index is -1.39. The Kier molecular flexibility index (Phi) is 6.66. The summed E-state index contributed by atoms with van der Waals surface area (Å²) in [5, 5.41) is 18.2. The Bertz CT molecular complexity index is 634. The normalized spacial score (nSPS) is 13.5. The SMILES string of the molecule is CCC(C)(OCCC(C)C)C(=O)c1ccc(C(=O)O)c(C(=O)O)c1. The largest absolute Gasteiger partial charge is 0.478 e. The maximum absolute atomic E-state index is 12.8. The first kappa shape index (κ1) is 19.8. The number of ether oxygens (including phenoxy) is 1. The monoisotopic (exact) mass is 336 g/mol. The van der Waals surface area contributed by atoms with Gasteiger partial charge < -0.3 is 14.9 Å². The van der Waals surface area contributed by atoms with Gasteiger partial charge in [-0.25, -0.2) is 9.59 Å². The van der Waals surface area contributed by atoms with Crippen LogP contribution in [0.3, 0.4) is 0 Å². The smallest absolute Gasteiger partial charge is 0.336 e. The van der Waals surface area contributed by atoms with Crippen LogP contribution in [-0.4, -0.2) is 40.1 Å². The molecule has 0 aliphatic carbocycles. The van der Waals surface area contributed by atoms with Gasteiger partial charge in [0.1, 0.15) is 5.60 Å². The summed E-state index contributed by atoms with van der Waals surface area (Å²) < 4.78 is 5.77. The molecule has 24 heavy (non-hydrogen) atoms. The minimum Gasteiger partial charge on any atom is -0.478 e. The molecule has 0 fully saturated rings. The summed E-state index contributed by atoms with van der Waals surface area (Å²) in [6, 6.07) is 3.58. The molecule has 2 N–H and O–H groups in total. The van der Waals surface area contributed by atoms with Crippen molar-refractivity contribution in [2.24, 2.45) is 5.92 Å². The zero-order valence-electron chi connectivity index (χ0n) is 14.5. The van der Waals surface area contributed by atoms with Crippen LogP contribution in [0.5, 0.6) is 0 Å². The molecule has 132 valence electrons. The van der Waals surface area contributed by atoms with E-state index in [2.05, 4.69) is 13.8 Å². The van der Waals surface area contributed by atoms with Crippen molar-refractivity contribution in [2.45, 2.75) is 46.1 Å². The molecule has 0 spiro atoms. The summed E-state index contributed by atoms with van der Waals surface area (Å²) in [5.74, 6) is -2.65. The van der Waals surface area contributed by atoms with Crippen LogP contribution in [-0.2, 0) is 4.74 Å². The molecule has 6 heteroatoms. The van der Waals surface area contributed by atoms with Crippen molar-refractivity contribution in [1.82, 2.24) is 0 Å². The van der Waals surface area contributed by atoms with Crippen LogP contribution < -0.4 is 0 Å². The summed E-state index contributed by atoms with van der Waals surface area (Å²) >= 11 is 0. The van der Waals surface area contributed by atoms with E-state index in [1.807, 2.05) is 6.92 Å². The lowest BCUT2D eigenvalue weighted by Crippen LogP contribution is -2.38. The van der Waals surface area contributed by atoms with Gasteiger partial charge in [-0.15, -0.1) is 0 Å². The predicted octanol–water partition coefficient (Wildman–Crippen LogP) is 3.50. The number of carboxylic acid groups (broad SMARTS) is 2. The first-order valence-corrected chi connectivity index (χ1v) is 7.91. The van der Waals surface area contributed by atoms with Crippen LogP contribution in [0.2, 0.25) is 0 Å². The van der Waals surface area contributed by atoms with E-state index in [0.717, 1.165) is 18.6 Å². The predicted molar refractivity (Wildman–Crippen MR) is 88.8 cm³/mol. The highest BCUT2D eigenvalue weighted by atomic mass is 16.5. The second-order valence-corrected chi connectivity index (χ2v) is 6.32. The number of Topliss-reactive ketones (excluding diaryl/α,β-unsaturated/α-hetero) is 1. The molecule has 0 aliphatic rings. The third-order valence-corrected chi connectivity index (χ3v) is 4.01. The molecule has 1 unspecified atom stereocenters. The number of hydrogen-bond donors (Lipinski definition) is 2. The van der Waals surface area contributed by atoms with E-state index in [-0.39, 0.29) is 16.9 Å². The highest BCUT2D eigenvalue weighted by molar-refractivity contribution is 6.07. The number of carboxylic acids is 2. The number of rotatable bonds is 9. The number of carbonyl (C=O) groups excluding carboxylic acids is 1. The van der Waals surface area contributed by atoms with E-state index >= 15 is 0 Å². The standard InChI is InChI=1S/C18H24O6/c1-5-18(4,24-9-8-11(2)3)15(19)12-6-7-13(16(20)21)14(10-12)17(22)23/h6-7,10-11H,5,8-9H2,1-4H3,(H,20,21)(H,22,23). The van der Waals surface area contributed by atoms with Crippen LogP contribution in [0.4, 0.5) is 0 Å². The van der Waals surface area contributed by atoms with Gasteiger partial charge >= 0.3 is 11.9 Å². The van der Waals surface area contributed by atoms with Gasteiger partial charge in [-0.3, -0.25) is 4.79 Å². The van der Waals surface area contributed by atoms with Gasteiger partial charge in [0, 0.05) is 12.2 Å². The van der Waals surface area contributed by atoms with Crippen molar-refractivity contribution >= 4 is 17.7 Å². The van der Waals surface area contributed by atoms with Crippen molar-refractivity contribution in [3.05, 3.63) is 34.9 Å². The van der Waals surface area contributed by atoms with E-state index in [4.69, 9.17) is 9.84 Å². The molecule has 0 bridgehead atoms. The Morgan fingerprint density at radius 2 is 1.71 bits per heavy atom. The van der Waals surface area contributed by atoms with Crippen LogP contribution in [0, 0.1) is 5.92 Å². The van der Waals surface area contributed by atoms with Gasteiger partial charge in [0.2, 0.25) is 0 Å². The molecular formula is C18H24O6. The molecule has 0 saturated carbocycles. The maximum atomic E-state index is 12.8. The fourth-order valence-corrected chi connectivity index (χ4v) is 2.20. The van der Waals surface area contributed by atoms with Crippen LogP contribution >= 0.6 is 0 Å². The Balaban J connectivity index is 3.14. The second-order valence-electron chi connectivity index (χ2n) is 6.32. The third kappa shape index (κ3) is 4.64. The lowest BCUT2D eigenvalue weighted by molar-refractivity contribution is -0.0208. The summed E-state index contributed by atoms with van der Waals surface area (Å²) in [7, 11) is 0. The van der Waals surface area contributed by atoms with Crippen molar-refractivity contribution in [2.75, 3.05) is 6.61 Å². The lowest BCUT2D eigenvalue weighted by Gasteiger charge is -2.28. The molecule has 0 radical (unpaired) electrons. The van der Waals surface area contributed by atoms with Crippen molar-refractivity contribution in [3.63, 3.8) is 0 Å². The molecule has 1 aromatic rings. The van der Waals surface area contributed by atoms with E-state index in [1.54, 1.807) is 6.92 Å². The zero-order valence-corrected chi connectivity index (χ0v) is 14.5. The van der Waals surface area contributed by atoms with Crippen LogP contribution in [0.15, 0.2) is 18.2 Å². The third-order valence-electron chi connectivity index (χ3n) is 4.01. The van der Waals surface area contributed by atoms with Gasteiger partial charge in [0.15, 0.2) is 5.78 Å². The highest BCUT2D eigenvalue weighted by Crippen LogP contribution is 2.24. The maximum Gasteiger partial charge on any atom is 0.336 e. The van der Waals surface area contributed by atoms with E-state index < -0.39 is 23.1 Å². The van der Waals surface area contributed by atoms with E-state index in [0.29, 0.717) is 18.9 Å². The Morgan fingerprint density at radius 1 is 1.12 bits per heavy atom. The Hall–Kier alpha value is -2.21. The number of hydrogen-bond acceptors (Lipinski definition) is 4. The molecule has 1 rings (SSSR count). The molecule has 0 aromatic heterocycles. The number of aromatic carboxylic acids is 2. The summed E-state index contributed by atoms with van der Waals surface area (Å²) in [5.41, 5.74) is -1.70. The van der Waals surface area contributed by atoms with Crippen molar-refractivity contribution in [1.29, 1.82) is 0 Å². The summed E-state index contributed by atoms with van der Waals surface area (Å²) in [6.07, 6.45) is 1.23. The summed E-state index contributed by atoms with van der Waals surface area (Å²) in [4.78, 5) is 35.1. The highest BCUT2D eigenvalue weighted by Gasteiger charge is 2.34. The van der Waals surface area contributed by atoms with E-state index in [1.165, 1.54) is 6.07 Å². The average molecular weight is 336 g/mol. The van der Waals surface area contributed by atoms with Gasteiger partial charge in [-0.2, -0.15) is 0 Å². The quantitative estimate of drug-likeness (QED) is 0.669. The average Bonchev–Trinajstić information content (AvgIpc) is 2.52. The first-order chi connectivity index (χ1) is 11.1. The molecule has 1 atom stereocenters. The fraction of sp³-hybridized carbons (Fsp3) is 0.500. The molecule has 0 heterocycles. The molecule has 0 amide bonds. The number of carbonyl (C=O) groups is 3. The van der Waals surface area contributed by atoms with Crippen molar-refractivity contribution < 1.29 is 29.3 Å². The molecular weight excluding hydrogens is 312 g/mol. The van der Waals surface area contributed by atoms with Crippen LogP contribution in [0.1, 0.15) is 71.6 Å². The van der Waals surface area contributed by atoms with Gasteiger partial charge in [0.25, 0.3) is 0 Å². The van der Waals surface area contributed by atoms with Crippen molar-refractivity contribution in [3.8, 4) is 0 Å². The zero-order chi connectivity index (χ0) is 18.5. The van der Waals surface area contributed by atoms with Gasteiger partial charge in [0.05, 0.1) is 11.1 Å². The molecule has 0 aliphatic heterocycles. The first-order valence-electron chi connectivity index (χ1n) is 7.91. The second kappa shape index (κ2) is 8.06. The van der Waals surface area contributed by atoms with Crippen LogP contribution in [0.25, 0.3) is 0 Å². The Morgan fingerprint density at radius 3 is 2.17 bits per heavy atom. The molecule has 6 nitrogen and oxygen atoms in total. The molecule has 1 aromatic carbocycles. The number of benzene rings is 1.